The standard InChI is InChI=1S/C17H20ClF3N2O2/c1-4-12(5-2)25-16(17(19,20)21)10-23(6-3)15(24)22-14-8-7-11(18)9-13(14)16/h4,7-9H,5-6,10H2,1-3H3,(H,22,24). The van der Waals surface area contributed by atoms with Gasteiger partial charge in [0, 0.05) is 23.6 Å². The summed E-state index contributed by atoms with van der Waals surface area (Å²) in [6, 6.07) is 3.38. The molecule has 2 rings (SSSR count). The minimum absolute atomic E-state index is 0.0363. The van der Waals surface area contributed by atoms with E-state index in [1.165, 1.54) is 24.3 Å². The van der Waals surface area contributed by atoms with Gasteiger partial charge in [0.05, 0.1) is 18.0 Å². The number of rotatable bonds is 4. The second kappa shape index (κ2) is 7.15. The van der Waals surface area contributed by atoms with Gasteiger partial charge >= 0.3 is 12.2 Å². The number of allylic oxidation sites excluding steroid dienone is 2. The van der Waals surface area contributed by atoms with Crippen LogP contribution >= 0.6 is 11.6 Å². The van der Waals surface area contributed by atoms with Gasteiger partial charge in [0.15, 0.2) is 0 Å². The van der Waals surface area contributed by atoms with Crippen molar-refractivity contribution in [3.05, 3.63) is 40.6 Å². The number of ether oxygens (including phenoxy) is 1. The Bertz CT molecular complexity index is 691. The Morgan fingerprint density at radius 3 is 2.64 bits per heavy atom. The first-order chi connectivity index (χ1) is 11.7. The highest BCUT2D eigenvalue weighted by Crippen LogP contribution is 2.49. The van der Waals surface area contributed by atoms with E-state index in [1.807, 2.05) is 0 Å². The molecule has 0 spiro atoms. The summed E-state index contributed by atoms with van der Waals surface area (Å²) in [6.45, 7) is 4.37. The van der Waals surface area contributed by atoms with Crippen LogP contribution in [-0.2, 0) is 10.3 Å². The molecular formula is C17H20ClF3N2O2. The Labute approximate surface area is 149 Å². The van der Waals surface area contributed by atoms with E-state index in [-0.39, 0.29) is 35.0 Å². The van der Waals surface area contributed by atoms with Crippen molar-refractivity contribution in [2.75, 3.05) is 18.4 Å². The summed E-state index contributed by atoms with van der Waals surface area (Å²) in [5.41, 5.74) is -2.88. The number of hydrogen-bond donors (Lipinski definition) is 1. The zero-order chi connectivity index (χ0) is 18.8. The Kier molecular flexibility index (Phi) is 5.56. The second-order valence-electron chi connectivity index (χ2n) is 5.67. The fraction of sp³-hybridized carbons (Fsp3) is 0.471. The lowest BCUT2D eigenvalue weighted by Gasteiger charge is -2.39. The fourth-order valence-corrected chi connectivity index (χ4v) is 2.95. The Morgan fingerprint density at radius 1 is 1.44 bits per heavy atom. The predicted molar refractivity (Wildman–Crippen MR) is 90.6 cm³/mol. The third kappa shape index (κ3) is 3.56. The summed E-state index contributed by atoms with van der Waals surface area (Å²) in [5.74, 6) is 0.189. The number of nitrogens with one attached hydrogen (secondary N) is 1. The molecule has 2 amide bonds. The van der Waals surface area contributed by atoms with E-state index in [1.54, 1.807) is 20.8 Å². The molecule has 25 heavy (non-hydrogen) atoms. The molecule has 0 fully saturated rings. The van der Waals surface area contributed by atoms with E-state index < -0.39 is 24.4 Å². The number of nitrogens with zero attached hydrogens (tertiary/aromatic N) is 1. The van der Waals surface area contributed by atoms with Gasteiger partial charge in [0.2, 0.25) is 5.60 Å². The van der Waals surface area contributed by atoms with E-state index in [4.69, 9.17) is 16.3 Å². The molecule has 1 heterocycles. The Balaban J connectivity index is 2.76. The van der Waals surface area contributed by atoms with Crippen LogP contribution in [0.2, 0.25) is 5.02 Å². The zero-order valence-corrected chi connectivity index (χ0v) is 15.0. The van der Waals surface area contributed by atoms with Crippen LogP contribution in [-0.4, -0.2) is 30.2 Å². The van der Waals surface area contributed by atoms with Gasteiger partial charge in [-0.3, -0.25) is 0 Å². The van der Waals surface area contributed by atoms with Crippen molar-refractivity contribution in [3.8, 4) is 0 Å². The van der Waals surface area contributed by atoms with Crippen LogP contribution in [0, 0.1) is 0 Å². The largest absolute Gasteiger partial charge is 0.476 e. The summed E-state index contributed by atoms with van der Waals surface area (Å²) in [5, 5.41) is 2.65. The second-order valence-corrected chi connectivity index (χ2v) is 6.11. The average Bonchev–Trinajstić information content (AvgIpc) is 2.67. The van der Waals surface area contributed by atoms with E-state index in [0.717, 1.165) is 4.90 Å². The quantitative estimate of drug-likeness (QED) is 0.725. The minimum Gasteiger partial charge on any atom is -0.476 e. The lowest BCUT2D eigenvalue weighted by Crippen LogP contribution is -2.53. The number of anilines is 1. The first-order valence-corrected chi connectivity index (χ1v) is 8.33. The van der Waals surface area contributed by atoms with E-state index in [9.17, 15) is 18.0 Å². The van der Waals surface area contributed by atoms with Gasteiger partial charge in [-0.15, -0.1) is 0 Å². The number of amides is 2. The number of hydrogen-bond acceptors (Lipinski definition) is 2. The van der Waals surface area contributed by atoms with E-state index in [2.05, 4.69) is 5.32 Å². The molecule has 0 saturated heterocycles. The van der Waals surface area contributed by atoms with Gasteiger partial charge < -0.3 is 15.0 Å². The highest BCUT2D eigenvalue weighted by molar-refractivity contribution is 6.30. The van der Waals surface area contributed by atoms with Crippen molar-refractivity contribution in [3.63, 3.8) is 0 Å². The molecule has 1 aromatic carbocycles. The molecule has 4 nitrogen and oxygen atoms in total. The van der Waals surface area contributed by atoms with Crippen molar-refractivity contribution in [2.45, 2.75) is 39.0 Å². The lowest BCUT2D eigenvalue weighted by atomic mass is 9.90. The van der Waals surface area contributed by atoms with Gasteiger partial charge in [0.1, 0.15) is 0 Å². The van der Waals surface area contributed by atoms with E-state index in [0.29, 0.717) is 0 Å². The number of carbonyl (C=O) groups excluding carboxylic acids is 1. The molecule has 138 valence electrons. The topological polar surface area (TPSA) is 41.6 Å². The molecule has 0 aromatic heterocycles. The van der Waals surface area contributed by atoms with Crippen LogP contribution in [0.5, 0.6) is 0 Å². The summed E-state index contributed by atoms with van der Waals surface area (Å²) in [6.07, 6.45) is -2.98. The van der Waals surface area contributed by atoms with Crippen molar-refractivity contribution in [1.29, 1.82) is 0 Å². The molecule has 1 aliphatic rings. The summed E-state index contributed by atoms with van der Waals surface area (Å²) < 4.78 is 48.4. The van der Waals surface area contributed by atoms with Crippen LogP contribution in [0.4, 0.5) is 23.7 Å². The maximum atomic E-state index is 14.3. The number of alkyl halides is 3. The molecule has 8 heteroatoms. The molecule has 0 bridgehead atoms. The molecular weight excluding hydrogens is 357 g/mol. The molecule has 0 radical (unpaired) electrons. The fourth-order valence-electron chi connectivity index (χ4n) is 2.78. The molecule has 1 unspecified atom stereocenters. The van der Waals surface area contributed by atoms with Gasteiger partial charge in [-0.1, -0.05) is 18.5 Å². The monoisotopic (exact) mass is 376 g/mol. The summed E-state index contributed by atoms with van der Waals surface area (Å²) in [7, 11) is 0. The van der Waals surface area contributed by atoms with Crippen molar-refractivity contribution in [2.24, 2.45) is 0 Å². The van der Waals surface area contributed by atoms with Crippen molar-refractivity contribution < 1.29 is 22.7 Å². The molecule has 1 atom stereocenters. The van der Waals surface area contributed by atoms with Crippen molar-refractivity contribution >= 4 is 23.3 Å². The Hall–Kier alpha value is -1.89. The number of benzene rings is 1. The Morgan fingerprint density at radius 2 is 2.12 bits per heavy atom. The minimum atomic E-state index is -4.77. The number of carbonyl (C=O) groups is 1. The highest BCUT2D eigenvalue weighted by atomic mass is 35.5. The normalized spacial score (nSPS) is 21.5. The molecule has 0 saturated carbocycles. The molecule has 1 aromatic rings. The number of likely N-dealkylation sites (N-methyl/N-ethyl adjacent to an activating group) is 1. The maximum absolute atomic E-state index is 14.3. The van der Waals surface area contributed by atoms with Crippen molar-refractivity contribution in [1.82, 2.24) is 4.90 Å². The third-order valence-corrected chi connectivity index (χ3v) is 4.41. The zero-order valence-electron chi connectivity index (χ0n) is 14.2. The van der Waals surface area contributed by atoms with Crippen LogP contribution in [0.15, 0.2) is 30.0 Å². The number of halogens is 4. The van der Waals surface area contributed by atoms with Crippen LogP contribution < -0.4 is 5.32 Å². The van der Waals surface area contributed by atoms with Gasteiger partial charge in [-0.2, -0.15) is 13.2 Å². The SMILES string of the molecule is CC=C(CC)OC1(C(F)(F)F)CN(CC)C(=O)Nc2ccc(Cl)cc21. The average molecular weight is 377 g/mol. The first-order valence-electron chi connectivity index (χ1n) is 7.95. The number of urea groups is 1. The highest BCUT2D eigenvalue weighted by Gasteiger charge is 2.62. The smallest absolute Gasteiger partial charge is 0.434 e. The van der Waals surface area contributed by atoms with Crippen LogP contribution in [0.3, 0.4) is 0 Å². The maximum Gasteiger partial charge on any atom is 0.434 e. The summed E-state index contributed by atoms with van der Waals surface area (Å²) >= 11 is 5.95. The molecule has 1 N–H and O–H groups in total. The lowest BCUT2D eigenvalue weighted by molar-refractivity contribution is -0.275. The van der Waals surface area contributed by atoms with Crippen LogP contribution in [0.1, 0.15) is 32.8 Å². The molecule has 0 aliphatic carbocycles. The first kappa shape index (κ1) is 19.4. The van der Waals surface area contributed by atoms with E-state index >= 15 is 0 Å². The van der Waals surface area contributed by atoms with Gasteiger partial charge in [-0.25, -0.2) is 4.79 Å². The predicted octanol–water partition coefficient (Wildman–Crippen LogP) is 5.30. The van der Waals surface area contributed by atoms with Gasteiger partial charge in [-0.05, 0) is 38.1 Å². The number of fused-ring (bicyclic) bond motifs is 1. The molecule has 1 aliphatic heterocycles. The summed E-state index contributed by atoms with van der Waals surface area (Å²) in [4.78, 5) is 13.4. The third-order valence-electron chi connectivity index (χ3n) is 4.17. The van der Waals surface area contributed by atoms with Gasteiger partial charge in [0.25, 0.3) is 0 Å². The van der Waals surface area contributed by atoms with Crippen LogP contribution in [0.25, 0.3) is 0 Å².